The summed E-state index contributed by atoms with van der Waals surface area (Å²) in [5, 5.41) is 9.63. The third kappa shape index (κ3) is 3.28. The van der Waals surface area contributed by atoms with E-state index < -0.39 is 5.09 Å². The Morgan fingerprint density at radius 1 is 1.47 bits per heavy atom. The summed E-state index contributed by atoms with van der Waals surface area (Å²) in [4.78, 5) is 14.1. The second kappa shape index (κ2) is 4.97. The largest absolute Gasteiger partial charge is 0.318 e. The normalized spacial score (nSPS) is 10.3. The number of allylic oxidation sites excluding steroid dienone is 1. The molecule has 6 nitrogen and oxygen atoms in total. The van der Waals surface area contributed by atoms with Gasteiger partial charge < -0.3 is 0 Å². The van der Waals surface area contributed by atoms with E-state index in [4.69, 9.17) is 5.84 Å². The van der Waals surface area contributed by atoms with Gasteiger partial charge in [-0.3, -0.25) is 0 Å². The lowest BCUT2D eigenvalue weighted by atomic mass is 10.2. The standard InChI is InChI=1S/C9H11N3O3/c1-2-3-8-4-6-9(7-5-8)11(10)15-12(13)14/h2-7H,10H2,1H3/b3-2+. The van der Waals surface area contributed by atoms with Gasteiger partial charge in [-0.2, -0.15) is 4.94 Å². The first kappa shape index (κ1) is 11.0. The molecule has 0 saturated carbocycles. The molecular formula is C9H11N3O3. The molecule has 0 amide bonds. The average Bonchev–Trinajstić information content (AvgIpc) is 2.18. The lowest BCUT2D eigenvalue weighted by molar-refractivity contribution is -0.762. The minimum absolute atomic E-state index is 0.403. The first-order chi connectivity index (χ1) is 7.13. The maximum Gasteiger partial charge on any atom is 0.318 e. The van der Waals surface area contributed by atoms with Crippen LogP contribution in [0, 0.1) is 10.1 Å². The maximum atomic E-state index is 10.0. The molecule has 0 aliphatic heterocycles. The SMILES string of the molecule is C/C=C/c1ccc(N(N)O[N+](=O)[O-])cc1. The molecular weight excluding hydrogens is 198 g/mol. The lowest BCUT2D eigenvalue weighted by Crippen LogP contribution is -2.33. The van der Waals surface area contributed by atoms with Crippen molar-refractivity contribution in [1.82, 2.24) is 0 Å². The van der Waals surface area contributed by atoms with E-state index in [1.54, 1.807) is 24.3 Å². The van der Waals surface area contributed by atoms with Gasteiger partial charge in [0.15, 0.2) is 0 Å². The van der Waals surface area contributed by atoms with Gasteiger partial charge in [0.1, 0.15) is 0 Å². The van der Waals surface area contributed by atoms with Gasteiger partial charge in [-0.25, -0.2) is 5.84 Å². The van der Waals surface area contributed by atoms with Crippen LogP contribution in [0.4, 0.5) is 5.69 Å². The van der Waals surface area contributed by atoms with Crippen LogP contribution in [0.2, 0.25) is 0 Å². The van der Waals surface area contributed by atoms with Crippen LogP contribution in [0.1, 0.15) is 12.5 Å². The third-order valence-electron chi connectivity index (χ3n) is 1.66. The zero-order chi connectivity index (χ0) is 11.3. The average molecular weight is 209 g/mol. The first-order valence-corrected chi connectivity index (χ1v) is 4.23. The van der Waals surface area contributed by atoms with Gasteiger partial charge in [-0.1, -0.05) is 24.3 Å². The molecule has 0 spiro atoms. The Balaban J connectivity index is 2.74. The van der Waals surface area contributed by atoms with E-state index in [1.165, 1.54) is 0 Å². The van der Waals surface area contributed by atoms with Gasteiger partial charge in [0.25, 0.3) is 0 Å². The molecule has 0 unspecified atom stereocenters. The van der Waals surface area contributed by atoms with Crippen LogP contribution in [0.15, 0.2) is 30.3 Å². The van der Waals surface area contributed by atoms with E-state index in [9.17, 15) is 10.1 Å². The van der Waals surface area contributed by atoms with E-state index in [1.807, 2.05) is 19.1 Å². The smallest absolute Gasteiger partial charge is 0.223 e. The van der Waals surface area contributed by atoms with Crippen LogP contribution in [0.25, 0.3) is 6.08 Å². The third-order valence-corrected chi connectivity index (χ3v) is 1.66. The fourth-order valence-corrected chi connectivity index (χ4v) is 1.04. The van der Waals surface area contributed by atoms with E-state index in [0.29, 0.717) is 10.9 Å². The summed E-state index contributed by atoms with van der Waals surface area (Å²) >= 11 is 0. The van der Waals surface area contributed by atoms with Crippen LogP contribution in [-0.2, 0) is 4.94 Å². The fourth-order valence-electron chi connectivity index (χ4n) is 1.04. The van der Waals surface area contributed by atoms with Crippen molar-refractivity contribution in [3.63, 3.8) is 0 Å². The molecule has 2 N–H and O–H groups in total. The molecule has 0 fully saturated rings. The lowest BCUT2D eigenvalue weighted by Gasteiger charge is -2.13. The molecule has 0 bridgehead atoms. The minimum Gasteiger partial charge on any atom is -0.223 e. The Labute approximate surface area is 86.6 Å². The van der Waals surface area contributed by atoms with E-state index >= 15 is 0 Å². The predicted octanol–water partition coefficient (Wildman–Crippen LogP) is 1.52. The Morgan fingerprint density at radius 3 is 2.53 bits per heavy atom. The van der Waals surface area contributed by atoms with Crippen LogP contribution in [0.5, 0.6) is 0 Å². The fraction of sp³-hybridized carbons (Fsp3) is 0.111. The van der Waals surface area contributed by atoms with Crippen LogP contribution >= 0.6 is 0 Å². The van der Waals surface area contributed by atoms with Crippen molar-refractivity contribution < 1.29 is 10.0 Å². The Kier molecular flexibility index (Phi) is 3.64. The molecule has 0 radical (unpaired) electrons. The maximum absolute atomic E-state index is 10.0. The highest BCUT2D eigenvalue weighted by molar-refractivity contribution is 5.54. The monoisotopic (exact) mass is 209 g/mol. The molecule has 80 valence electrons. The zero-order valence-corrected chi connectivity index (χ0v) is 8.16. The summed E-state index contributed by atoms with van der Waals surface area (Å²) in [5.41, 5.74) is 1.38. The van der Waals surface area contributed by atoms with Crippen LogP contribution < -0.4 is 11.0 Å². The number of nitrogens with zero attached hydrogens (tertiary/aromatic N) is 2. The molecule has 1 aromatic carbocycles. The number of rotatable bonds is 4. The van der Waals surface area contributed by atoms with E-state index in [2.05, 4.69) is 4.94 Å². The number of benzene rings is 1. The van der Waals surface area contributed by atoms with Crippen molar-refractivity contribution in [2.24, 2.45) is 5.84 Å². The summed E-state index contributed by atoms with van der Waals surface area (Å²) in [6, 6.07) is 6.80. The summed E-state index contributed by atoms with van der Waals surface area (Å²) < 4.78 is 0. The molecule has 0 aliphatic carbocycles. The topological polar surface area (TPSA) is 81.6 Å². The first-order valence-electron chi connectivity index (χ1n) is 4.23. The number of hydrogen-bond donors (Lipinski definition) is 1. The Bertz CT molecular complexity index is 361. The van der Waals surface area contributed by atoms with Gasteiger partial charge in [0.05, 0.1) is 5.69 Å². The zero-order valence-electron chi connectivity index (χ0n) is 8.16. The summed E-state index contributed by atoms with van der Waals surface area (Å²) in [7, 11) is 0. The molecule has 15 heavy (non-hydrogen) atoms. The van der Waals surface area contributed by atoms with Crippen molar-refractivity contribution in [3.8, 4) is 0 Å². The van der Waals surface area contributed by atoms with Gasteiger partial charge in [0, 0.05) is 0 Å². The summed E-state index contributed by atoms with van der Waals surface area (Å²) in [6.45, 7) is 1.90. The van der Waals surface area contributed by atoms with Crippen molar-refractivity contribution in [1.29, 1.82) is 0 Å². The molecule has 0 saturated heterocycles. The number of hydrazine groups is 1. The molecule has 6 heteroatoms. The van der Waals surface area contributed by atoms with Gasteiger partial charge in [0.2, 0.25) is 0 Å². The highest BCUT2D eigenvalue weighted by atomic mass is 17.0. The van der Waals surface area contributed by atoms with Gasteiger partial charge in [-0.05, 0) is 24.6 Å². The van der Waals surface area contributed by atoms with Crippen LogP contribution in [-0.4, -0.2) is 5.09 Å². The summed E-state index contributed by atoms with van der Waals surface area (Å²) in [5.74, 6) is 5.27. The molecule has 0 aromatic heterocycles. The second-order valence-electron chi connectivity index (χ2n) is 2.72. The second-order valence-corrected chi connectivity index (χ2v) is 2.72. The molecule has 1 rings (SSSR count). The molecule has 0 heterocycles. The summed E-state index contributed by atoms with van der Waals surface area (Å²) in [6.07, 6.45) is 3.79. The van der Waals surface area contributed by atoms with Crippen molar-refractivity contribution in [2.45, 2.75) is 6.92 Å². The number of hydrogen-bond acceptors (Lipinski definition) is 5. The van der Waals surface area contributed by atoms with E-state index in [0.717, 1.165) is 5.56 Å². The molecule has 1 aromatic rings. The highest BCUT2D eigenvalue weighted by Gasteiger charge is 2.05. The predicted molar refractivity (Wildman–Crippen MR) is 55.9 cm³/mol. The van der Waals surface area contributed by atoms with E-state index in [-0.39, 0.29) is 0 Å². The van der Waals surface area contributed by atoms with Crippen molar-refractivity contribution in [3.05, 3.63) is 46.0 Å². The highest BCUT2D eigenvalue weighted by Crippen LogP contribution is 2.13. The van der Waals surface area contributed by atoms with Crippen molar-refractivity contribution >= 4 is 11.8 Å². The molecule has 0 atom stereocenters. The van der Waals surface area contributed by atoms with Crippen molar-refractivity contribution in [2.75, 3.05) is 5.17 Å². The number of anilines is 1. The Hall–Kier alpha value is -2.08. The van der Waals surface area contributed by atoms with Gasteiger partial charge >= 0.3 is 5.09 Å². The van der Waals surface area contributed by atoms with Crippen LogP contribution in [0.3, 0.4) is 0 Å². The Morgan fingerprint density at radius 2 is 2.07 bits per heavy atom. The molecule has 0 aliphatic rings. The number of nitrogens with two attached hydrogens (primary N) is 1. The van der Waals surface area contributed by atoms with Gasteiger partial charge in [-0.15, -0.1) is 15.3 Å². The quantitative estimate of drug-likeness (QED) is 0.462. The minimum atomic E-state index is -0.972.